The summed E-state index contributed by atoms with van der Waals surface area (Å²) in [5, 5.41) is 2.87. The second kappa shape index (κ2) is 8.88. The van der Waals surface area contributed by atoms with Crippen LogP contribution in [-0.4, -0.2) is 29.5 Å². The number of nitrogens with zero attached hydrogens (tertiary/aromatic N) is 3. The molecule has 2 aromatic heterocycles. The largest absolute Gasteiger partial charge is 0.359 e. The molecule has 0 atom stereocenters. The zero-order valence-corrected chi connectivity index (χ0v) is 13.8. The lowest BCUT2D eigenvalue weighted by Gasteiger charge is -2.18. The highest BCUT2D eigenvalue weighted by molar-refractivity contribution is 5.90. The number of anilines is 2. The maximum Gasteiger partial charge on any atom is 0.224 e. The van der Waals surface area contributed by atoms with Crippen LogP contribution >= 0.6 is 0 Å². The monoisotopic (exact) mass is 312 g/mol. The summed E-state index contributed by atoms with van der Waals surface area (Å²) >= 11 is 0. The Morgan fingerprint density at radius 1 is 1.22 bits per heavy atom. The molecule has 0 unspecified atom stereocenters. The molecule has 0 spiro atoms. The van der Waals surface area contributed by atoms with Crippen molar-refractivity contribution in [2.45, 2.75) is 32.6 Å². The summed E-state index contributed by atoms with van der Waals surface area (Å²) in [5.74, 6) is 0.943. The van der Waals surface area contributed by atoms with Crippen molar-refractivity contribution in [3.05, 3.63) is 48.4 Å². The lowest BCUT2D eigenvalue weighted by Crippen LogP contribution is -2.21. The minimum absolute atomic E-state index is 0.0486. The Bertz CT molecular complexity index is 598. The lowest BCUT2D eigenvalue weighted by atomic mass is 10.2. The van der Waals surface area contributed by atoms with E-state index in [9.17, 15) is 4.79 Å². The van der Waals surface area contributed by atoms with Crippen molar-refractivity contribution in [3.63, 3.8) is 0 Å². The van der Waals surface area contributed by atoms with E-state index in [2.05, 4.69) is 27.1 Å². The number of aromatic nitrogens is 2. The molecule has 0 aromatic carbocycles. The average molecular weight is 312 g/mol. The van der Waals surface area contributed by atoms with Crippen LogP contribution in [0.25, 0.3) is 0 Å². The van der Waals surface area contributed by atoms with E-state index in [4.69, 9.17) is 0 Å². The molecular formula is C18H24N4O. The van der Waals surface area contributed by atoms with Crippen LogP contribution in [0, 0.1) is 0 Å². The van der Waals surface area contributed by atoms with Gasteiger partial charge in [0, 0.05) is 32.4 Å². The number of unbranched alkanes of at least 4 members (excludes halogenated alkanes) is 1. The molecular weight excluding hydrogens is 288 g/mol. The summed E-state index contributed by atoms with van der Waals surface area (Å²) in [6.45, 7) is 2.95. The fourth-order valence-electron chi connectivity index (χ4n) is 2.21. The summed E-state index contributed by atoms with van der Waals surface area (Å²) < 4.78 is 0. The van der Waals surface area contributed by atoms with E-state index in [-0.39, 0.29) is 5.91 Å². The van der Waals surface area contributed by atoms with Crippen LogP contribution in [0.4, 0.5) is 11.5 Å². The molecule has 0 bridgehead atoms. The van der Waals surface area contributed by atoms with Gasteiger partial charge in [-0.3, -0.25) is 9.78 Å². The van der Waals surface area contributed by atoms with E-state index in [1.54, 1.807) is 6.20 Å². The van der Waals surface area contributed by atoms with Gasteiger partial charge in [-0.05, 0) is 42.7 Å². The smallest absolute Gasteiger partial charge is 0.224 e. The van der Waals surface area contributed by atoms with Gasteiger partial charge in [0.25, 0.3) is 0 Å². The third-order valence-electron chi connectivity index (χ3n) is 3.67. The number of nitrogens with one attached hydrogen (secondary N) is 1. The molecule has 0 radical (unpaired) electrons. The first-order valence-electron chi connectivity index (χ1n) is 8.05. The molecule has 1 N–H and O–H groups in total. The van der Waals surface area contributed by atoms with Crippen LogP contribution in [0.1, 0.15) is 31.7 Å². The van der Waals surface area contributed by atoms with Gasteiger partial charge in [-0.1, -0.05) is 13.3 Å². The molecule has 23 heavy (non-hydrogen) atoms. The van der Waals surface area contributed by atoms with Crippen LogP contribution in [0.2, 0.25) is 0 Å². The fourth-order valence-corrected chi connectivity index (χ4v) is 2.21. The van der Waals surface area contributed by atoms with Crippen LogP contribution < -0.4 is 10.2 Å². The first kappa shape index (κ1) is 16.9. The third-order valence-corrected chi connectivity index (χ3v) is 3.67. The Hall–Kier alpha value is -2.43. The Kier molecular flexibility index (Phi) is 6.54. The van der Waals surface area contributed by atoms with Gasteiger partial charge in [0.2, 0.25) is 5.91 Å². The van der Waals surface area contributed by atoms with Crippen molar-refractivity contribution >= 4 is 17.4 Å². The molecule has 2 rings (SSSR count). The number of pyridine rings is 2. The number of hydrogen-bond acceptors (Lipinski definition) is 4. The number of amides is 1. The van der Waals surface area contributed by atoms with Crippen LogP contribution in [0.15, 0.2) is 42.9 Å². The Balaban J connectivity index is 1.84. The highest BCUT2D eigenvalue weighted by Crippen LogP contribution is 2.14. The van der Waals surface area contributed by atoms with Crippen molar-refractivity contribution in [1.29, 1.82) is 0 Å². The van der Waals surface area contributed by atoms with Crippen molar-refractivity contribution in [2.75, 3.05) is 23.8 Å². The SMILES string of the molecule is CCCCC(=O)Nc1ccc(N(C)CCc2ccncc2)nc1. The number of rotatable bonds is 8. The quantitative estimate of drug-likeness (QED) is 0.812. The van der Waals surface area contributed by atoms with Crippen LogP contribution in [-0.2, 0) is 11.2 Å². The van der Waals surface area contributed by atoms with Crippen LogP contribution in [0.3, 0.4) is 0 Å². The lowest BCUT2D eigenvalue weighted by molar-refractivity contribution is -0.116. The molecule has 2 aromatic rings. The predicted molar refractivity (Wildman–Crippen MR) is 93.6 cm³/mol. The highest BCUT2D eigenvalue weighted by atomic mass is 16.1. The summed E-state index contributed by atoms with van der Waals surface area (Å²) in [4.78, 5) is 22.2. The van der Waals surface area contributed by atoms with E-state index in [0.29, 0.717) is 6.42 Å². The van der Waals surface area contributed by atoms with Gasteiger partial charge in [-0.25, -0.2) is 4.98 Å². The Morgan fingerprint density at radius 3 is 2.65 bits per heavy atom. The summed E-state index contributed by atoms with van der Waals surface area (Å²) in [6, 6.07) is 7.88. The van der Waals surface area contributed by atoms with Crippen molar-refractivity contribution < 1.29 is 4.79 Å². The van der Waals surface area contributed by atoms with E-state index in [1.807, 2.05) is 43.7 Å². The zero-order chi connectivity index (χ0) is 16.5. The molecule has 1 amide bonds. The van der Waals surface area contributed by atoms with Gasteiger partial charge in [0.05, 0.1) is 11.9 Å². The van der Waals surface area contributed by atoms with E-state index < -0.39 is 0 Å². The highest BCUT2D eigenvalue weighted by Gasteiger charge is 2.05. The van der Waals surface area contributed by atoms with Gasteiger partial charge in [0.1, 0.15) is 5.82 Å². The maximum absolute atomic E-state index is 11.7. The Morgan fingerprint density at radius 2 is 2.00 bits per heavy atom. The summed E-state index contributed by atoms with van der Waals surface area (Å²) in [7, 11) is 2.02. The second-order valence-electron chi connectivity index (χ2n) is 5.58. The number of likely N-dealkylation sites (N-methyl/N-ethyl adjacent to an activating group) is 1. The van der Waals surface area contributed by atoms with E-state index in [0.717, 1.165) is 37.3 Å². The van der Waals surface area contributed by atoms with Crippen molar-refractivity contribution in [1.82, 2.24) is 9.97 Å². The minimum atomic E-state index is 0.0486. The fraction of sp³-hybridized carbons (Fsp3) is 0.389. The number of hydrogen-bond donors (Lipinski definition) is 1. The third kappa shape index (κ3) is 5.70. The molecule has 5 heteroatoms. The van der Waals surface area contributed by atoms with Crippen molar-refractivity contribution in [2.24, 2.45) is 0 Å². The normalized spacial score (nSPS) is 10.3. The van der Waals surface area contributed by atoms with E-state index >= 15 is 0 Å². The van der Waals surface area contributed by atoms with E-state index in [1.165, 1.54) is 5.56 Å². The molecule has 2 heterocycles. The minimum Gasteiger partial charge on any atom is -0.359 e. The van der Waals surface area contributed by atoms with Crippen LogP contribution in [0.5, 0.6) is 0 Å². The topological polar surface area (TPSA) is 58.1 Å². The van der Waals surface area contributed by atoms with Gasteiger partial charge < -0.3 is 10.2 Å². The Labute approximate surface area is 137 Å². The molecule has 0 aliphatic carbocycles. The summed E-state index contributed by atoms with van der Waals surface area (Å²) in [6.07, 6.45) is 8.76. The second-order valence-corrected chi connectivity index (χ2v) is 5.58. The molecule has 122 valence electrons. The first-order valence-corrected chi connectivity index (χ1v) is 8.05. The van der Waals surface area contributed by atoms with Gasteiger partial charge in [0.15, 0.2) is 0 Å². The predicted octanol–water partition coefficient (Wildman–Crippen LogP) is 3.28. The standard InChI is InChI=1S/C18H24N4O/c1-3-4-5-18(23)21-16-6-7-17(20-14-16)22(2)13-10-15-8-11-19-12-9-15/h6-9,11-12,14H,3-5,10,13H2,1-2H3,(H,21,23). The number of carbonyl (C=O) groups is 1. The van der Waals surface area contributed by atoms with Gasteiger partial charge >= 0.3 is 0 Å². The average Bonchev–Trinajstić information content (AvgIpc) is 2.59. The molecule has 0 saturated heterocycles. The maximum atomic E-state index is 11.7. The first-order chi connectivity index (χ1) is 11.2. The molecule has 0 fully saturated rings. The molecule has 5 nitrogen and oxygen atoms in total. The zero-order valence-electron chi connectivity index (χ0n) is 13.8. The van der Waals surface area contributed by atoms with Gasteiger partial charge in [-0.15, -0.1) is 0 Å². The summed E-state index contributed by atoms with van der Waals surface area (Å²) in [5.41, 5.74) is 2.00. The molecule has 0 aliphatic rings. The molecule has 0 saturated carbocycles. The molecule has 0 aliphatic heterocycles. The number of carbonyl (C=O) groups excluding carboxylic acids is 1. The van der Waals surface area contributed by atoms with Gasteiger partial charge in [-0.2, -0.15) is 0 Å². The van der Waals surface area contributed by atoms with Crippen molar-refractivity contribution in [3.8, 4) is 0 Å².